The van der Waals surface area contributed by atoms with Crippen LogP contribution in [0.2, 0.25) is 0 Å². The number of fused-ring (bicyclic) bond motifs is 2. The van der Waals surface area contributed by atoms with Crippen LogP contribution in [0, 0.1) is 23.2 Å². The molecule has 0 spiro atoms. The number of hydrogen-bond acceptors (Lipinski definition) is 2. The summed E-state index contributed by atoms with van der Waals surface area (Å²) in [4.78, 5) is 0. The van der Waals surface area contributed by atoms with E-state index < -0.39 is 5.60 Å². The summed E-state index contributed by atoms with van der Waals surface area (Å²) in [5.74, 6) is 2.39. The maximum absolute atomic E-state index is 10.1. The van der Waals surface area contributed by atoms with E-state index in [0.717, 1.165) is 50.0 Å². The zero-order chi connectivity index (χ0) is 22.1. The fourth-order valence-electron chi connectivity index (χ4n) is 7.44. The average molecular weight is 427 g/mol. The van der Waals surface area contributed by atoms with Gasteiger partial charge in [0.15, 0.2) is 0 Å². The molecule has 0 aromatic heterocycles. The van der Waals surface area contributed by atoms with Crippen molar-refractivity contribution in [2.75, 3.05) is 6.61 Å². The summed E-state index contributed by atoms with van der Waals surface area (Å²) in [5.41, 5.74) is 4.84. The van der Waals surface area contributed by atoms with Crippen molar-refractivity contribution in [1.29, 1.82) is 0 Å². The Hall–Kier alpha value is -0.860. The third kappa shape index (κ3) is 5.38. The van der Waals surface area contributed by atoms with Gasteiger partial charge in [0.2, 0.25) is 0 Å². The third-order valence-electron chi connectivity index (χ3n) is 9.15. The molecule has 0 aromatic rings. The summed E-state index contributed by atoms with van der Waals surface area (Å²) in [7, 11) is 0. The second-order valence-electron chi connectivity index (χ2n) is 12.0. The van der Waals surface area contributed by atoms with Gasteiger partial charge in [-0.3, -0.25) is 0 Å². The van der Waals surface area contributed by atoms with Crippen molar-refractivity contribution in [1.82, 2.24) is 0 Å². The molecule has 1 N–H and O–H groups in total. The molecule has 4 aliphatic rings. The van der Waals surface area contributed by atoms with Crippen molar-refractivity contribution < 1.29 is 9.84 Å². The Balaban J connectivity index is 1.40. The van der Waals surface area contributed by atoms with Crippen LogP contribution in [0.5, 0.6) is 0 Å². The van der Waals surface area contributed by atoms with Crippen molar-refractivity contribution in [2.45, 2.75) is 116 Å². The predicted molar refractivity (Wildman–Crippen MR) is 130 cm³/mol. The summed E-state index contributed by atoms with van der Waals surface area (Å²) in [6.45, 7) is 9.88. The first-order chi connectivity index (χ1) is 14.8. The molecule has 0 aromatic carbocycles. The molecule has 5 atom stereocenters. The van der Waals surface area contributed by atoms with Crippen LogP contribution >= 0.6 is 0 Å². The average Bonchev–Trinajstić information content (AvgIpc) is 3.08. The van der Waals surface area contributed by atoms with Gasteiger partial charge in [0, 0.05) is 0 Å². The molecule has 0 bridgehead atoms. The number of hydrogen-bond donors (Lipinski definition) is 1. The van der Waals surface area contributed by atoms with E-state index in [2.05, 4.69) is 32.1 Å². The molecule has 3 unspecified atom stereocenters. The highest BCUT2D eigenvalue weighted by Crippen LogP contribution is 2.60. The predicted octanol–water partition coefficient (Wildman–Crippen LogP) is 7.53. The highest BCUT2D eigenvalue weighted by molar-refractivity contribution is 5.29. The largest absolute Gasteiger partial charge is 0.390 e. The topological polar surface area (TPSA) is 29.5 Å². The second-order valence-corrected chi connectivity index (χ2v) is 12.0. The van der Waals surface area contributed by atoms with Gasteiger partial charge in [-0.1, -0.05) is 56.1 Å². The quantitative estimate of drug-likeness (QED) is 0.445. The van der Waals surface area contributed by atoms with Crippen LogP contribution in [0.4, 0.5) is 0 Å². The summed E-state index contributed by atoms with van der Waals surface area (Å²) >= 11 is 0. The Labute approximate surface area is 191 Å². The summed E-state index contributed by atoms with van der Waals surface area (Å²) in [5, 5.41) is 10.1. The smallest absolute Gasteiger partial charge is 0.0822 e. The second kappa shape index (κ2) is 9.56. The minimum Gasteiger partial charge on any atom is -0.390 e. The Bertz CT molecular complexity index is 722. The first-order valence-electron chi connectivity index (χ1n) is 13.2. The van der Waals surface area contributed by atoms with E-state index in [0.29, 0.717) is 11.5 Å². The number of rotatable bonds is 6. The fraction of sp³-hybridized carbons (Fsp3) is 0.793. The minimum absolute atomic E-state index is 0.365. The molecule has 0 radical (unpaired) electrons. The summed E-state index contributed by atoms with van der Waals surface area (Å²) in [6.07, 6.45) is 22.6. The van der Waals surface area contributed by atoms with E-state index in [-0.39, 0.29) is 0 Å². The Morgan fingerprint density at radius 1 is 1.23 bits per heavy atom. The number of ether oxygens (including phenoxy) is 1. The van der Waals surface area contributed by atoms with Crippen LogP contribution in [-0.4, -0.2) is 23.4 Å². The van der Waals surface area contributed by atoms with Crippen molar-refractivity contribution in [3.05, 3.63) is 34.9 Å². The van der Waals surface area contributed by atoms with E-state index in [9.17, 15) is 5.11 Å². The third-order valence-corrected chi connectivity index (χ3v) is 9.15. The molecule has 1 heterocycles. The SMILES string of the molecule is C[C@H](CCCC(C)(C)O)C1CCC2/C(=C/C=C3/CCC4=CCCO[C@@H]4C3)CCCC21C. The van der Waals surface area contributed by atoms with Gasteiger partial charge in [0.25, 0.3) is 0 Å². The van der Waals surface area contributed by atoms with E-state index in [1.165, 1.54) is 51.4 Å². The Morgan fingerprint density at radius 2 is 2.06 bits per heavy atom. The first kappa shape index (κ1) is 23.3. The molecule has 174 valence electrons. The molecule has 1 aliphatic heterocycles. The molecule has 31 heavy (non-hydrogen) atoms. The first-order valence-corrected chi connectivity index (χ1v) is 13.2. The molecule has 0 amide bonds. The van der Waals surface area contributed by atoms with Crippen LogP contribution in [-0.2, 0) is 4.74 Å². The summed E-state index contributed by atoms with van der Waals surface area (Å²) in [6, 6.07) is 0. The minimum atomic E-state index is -0.519. The molecule has 3 aliphatic carbocycles. The van der Waals surface area contributed by atoms with E-state index in [4.69, 9.17) is 4.74 Å². The number of allylic oxidation sites excluding steroid dienone is 3. The normalized spacial score (nSPS) is 37.5. The van der Waals surface area contributed by atoms with Gasteiger partial charge in [-0.15, -0.1) is 0 Å². The van der Waals surface area contributed by atoms with Gasteiger partial charge in [0.05, 0.1) is 18.3 Å². The van der Waals surface area contributed by atoms with Crippen LogP contribution in [0.3, 0.4) is 0 Å². The van der Waals surface area contributed by atoms with Crippen LogP contribution < -0.4 is 0 Å². The van der Waals surface area contributed by atoms with Gasteiger partial charge >= 0.3 is 0 Å². The fourth-order valence-corrected chi connectivity index (χ4v) is 7.44. The van der Waals surface area contributed by atoms with Gasteiger partial charge in [-0.05, 0) is 107 Å². The molecule has 2 nitrogen and oxygen atoms in total. The van der Waals surface area contributed by atoms with Crippen molar-refractivity contribution >= 4 is 0 Å². The van der Waals surface area contributed by atoms with Gasteiger partial charge in [-0.25, -0.2) is 0 Å². The standard InChI is InChI=1S/C29H46O2/c1-21(8-5-17-28(2,3)30)25-15-16-26-23(9-6-18-29(25,26)4)13-11-22-12-14-24-10-7-19-31-27(24)20-22/h10-11,13,21,25-27,30H,5-9,12,14-20H2,1-4H3/b22-11-,23-13+/t21-,25?,26?,27-,29?/m1/s1. The van der Waals surface area contributed by atoms with E-state index in [1.807, 2.05) is 13.8 Å². The van der Waals surface area contributed by atoms with E-state index >= 15 is 0 Å². The van der Waals surface area contributed by atoms with Crippen molar-refractivity contribution in [2.24, 2.45) is 23.2 Å². The lowest BCUT2D eigenvalue weighted by Gasteiger charge is -2.44. The maximum atomic E-state index is 10.1. The van der Waals surface area contributed by atoms with E-state index in [1.54, 1.807) is 16.7 Å². The zero-order valence-corrected chi connectivity index (χ0v) is 20.6. The van der Waals surface area contributed by atoms with Crippen molar-refractivity contribution in [3.8, 4) is 0 Å². The van der Waals surface area contributed by atoms with Gasteiger partial charge < -0.3 is 9.84 Å². The van der Waals surface area contributed by atoms with Crippen LogP contribution in [0.1, 0.15) is 105 Å². The monoisotopic (exact) mass is 426 g/mol. The van der Waals surface area contributed by atoms with Crippen LogP contribution in [0.15, 0.2) is 34.9 Å². The lowest BCUT2D eigenvalue weighted by molar-refractivity contribution is 0.0596. The Kier molecular flexibility index (Phi) is 7.18. The molecule has 2 heteroatoms. The molecule has 0 saturated heterocycles. The molecular weight excluding hydrogens is 380 g/mol. The zero-order valence-electron chi connectivity index (χ0n) is 20.6. The molecule has 4 rings (SSSR count). The highest BCUT2D eigenvalue weighted by atomic mass is 16.5. The van der Waals surface area contributed by atoms with Gasteiger partial charge in [0.1, 0.15) is 0 Å². The highest BCUT2D eigenvalue weighted by Gasteiger charge is 2.50. The van der Waals surface area contributed by atoms with Crippen molar-refractivity contribution in [3.63, 3.8) is 0 Å². The Morgan fingerprint density at radius 3 is 2.87 bits per heavy atom. The molecule has 3 saturated carbocycles. The lowest BCUT2D eigenvalue weighted by Crippen LogP contribution is -2.36. The molecule has 3 fully saturated rings. The lowest BCUT2D eigenvalue weighted by atomic mass is 9.60. The van der Waals surface area contributed by atoms with Gasteiger partial charge in [-0.2, -0.15) is 0 Å². The maximum Gasteiger partial charge on any atom is 0.0822 e. The number of aliphatic hydroxyl groups is 1. The summed E-state index contributed by atoms with van der Waals surface area (Å²) < 4.78 is 6.04. The molecular formula is C29H46O2. The van der Waals surface area contributed by atoms with Crippen LogP contribution in [0.25, 0.3) is 0 Å².